The fraction of sp³-hybridized carbons (Fsp3) is 0.579. The SMILES string of the molecule is C=CCc1cc(OCCCCC)ccc1OCCCCC. The van der Waals surface area contributed by atoms with Gasteiger partial charge in [0.2, 0.25) is 0 Å². The first-order valence-electron chi connectivity index (χ1n) is 8.31. The Morgan fingerprint density at radius 3 is 2.24 bits per heavy atom. The monoisotopic (exact) mass is 290 g/mol. The highest BCUT2D eigenvalue weighted by molar-refractivity contribution is 5.41. The number of ether oxygens (including phenoxy) is 2. The van der Waals surface area contributed by atoms with Crippen LogP contribution in [0.25, 0.3) is 0 Å². The Labute approximate surface area is 130 Å². The number of hydrogen-bond donors (Lipinski definition) is 0. The molecular formula is C19H30O2. The van der Waals surface area contributed by atoms with Crippen molar-refractivity contribution in [2.75, 3.05) is 13.2 Å². The molecule has 0 atom stereocenters. The van der Waals surface area contributed by atoms with Gasteiger partial charge in [-0.3, -0.25) is 0 Å². The molecule has 0 saturated heterocycles. The Morgan fingerprint density at radius 1 is 0.952 bits per heavy atom. The fourth-order valence-electron chi connectivity index (χ4n) is 2.18. The summed E-state index contributed by atoms with van der Waals surface area (Å²) >= 11 is 0. The van der Waals surface area contributed by atoms with Gasteiger partial charge in [-0.05, 0) is 37.5 Å². The minimum Gasteiger partial charge on any atom is -0.494 e. The Balaban J connectivity index is 2.56. The summed E-state index contributed by atoms with van der Waals surface area (Å²) in [6.07, 6.45) is 9.82. The smallest absolute Gasteiger partial charge is 0.123 e. The Kier molecular flexibility index (Phi) is 9.43. The molecule has 0 unspecified atom stereocenters. The van der Waals surface area contributed by atoms with Gasteiger partial charge in [-0.15, -0.1) is 6.58 Å². The van der Waals surface area contributed by atoms with Crippen molar-refractivity contribution in [2.45, 2.75) is 58.8 Å². The van der Waals surface area contributed by atoms with Gasteiger partial charge < -0.3 is 9.47 Å². The van der Waals surface area contributed by atoms with Gasteiger partial charge in [-0.1, -0.05) is 45.6 Å². The van der Waals surface area contributed by atoms with Crippen LogP contribution in [0, 0.1) is 0 Å². The molecule has 0 spiro atoms. The maximum atomic E-state index is 5.89. The van der Waals surface area contributed by atoms with Crippen LogP contribution in [0.1, 0.15) is 57.9 Å². The van der Waals surface area contributed by atoms with E-state index in [1.54, 1.807) is 0 Å². The molecule has 2 heteroatoms. The molecule has 0 aliphatic heterocycles. The molecule has 118 valence electrons. The van der Waals surface area contributed by atoms with Crippen molar-refractivity contribution in [3.8, 4) is 11.5 Å². The molecule has 0 bridgehead atoms. The third-order valence-corrected chi connectivity index (χ3v) is 3.42. The fourth-order valence-corrected chi connectivity index (χ4v) is 2.18. The number of hydrogen-bond acceptors (Lipinski definition) is 2. The van der Waals surface area contributed by atoms with Gasteiger partial charge in [-0.2, -0.15) is 0 Å². The lowest BCUT2D eigenvalue weighted by molar-refractivity contribution is 0.296. The van der Waals surface area contributed by atoms with Crippen molar-refractivity contribution in [3.63, 3.8) is 0 Å². The molecule has 1 rings (SSSR count). The molecule has 2 nitrogen and oxygen atoms in total. The summed E-state index contributed by atoms with van der Waals surface area (Å²) in [6.45, 7) is 9.81. The van der Waals surface area contributed by atoms with Gasteiger partial charge in [0.1, 0.15) is 11.5 Å². The molecule has 1 aromatic rings. The summed E-state index contributed by atoms with van der Waals surface area (Å²) in [7, 11) is 0. The first-order valence-corrected chi connectivity index (χ1v) is 8.31. The first kappa shape index (κ1) is 17.6. The maximum Gasteiger partial charge on any atom is 0.123 e. The molecule has 0 saturated carbocycles. The van der Waals surface area contributed by atoms with E-state index in [1.807, 2.05) is 18.2 Å². The van der Waals surface area contributed by atoms with Gasteiger partial charge in [0.15, 0.2) is 0 Å². The van der Waals surface area contributed by atoms with Crippen molar-refractivity contribution < 1.29 is 9.47 Å². The van der Waals surface area contributed by atoms with E-state index in [9.17, 15) is 0 Å². The molecule has 0 amide bonds. The van der Waals surface area contributed by atoms with Crippen molar-refractivity contribution in [1.29, 1.82) is 0 Å². The summed E-state index contributed by atoms with van der Waals surface area (Å²) in [5.41, 5.74) is 1.16. The van der Waals surface area contributed by atoms with Crippen LogP contribution in [0.4, 0.5) is 0 Å². The van der Waals surface area contributed by atoms with Crippen LogP contribution in [-0.2, 0) is 6.42 Å². The van der Waals surface area contributed by atoms with Crippen LogP contribution in [0.5, 0.6) is 11.5 Å². The zero-order valence-corrected chi connectivity index (χ0v) is 13.7. The van der Waals surface area contributed by atoms with E-state index in [4.69, 9.17) is 9.47 Å². The number of benzene rings is 1. The molecule has 0 radical (unpaired) electrons. The van der Waals surface area contributed by atoms with Crippen molar-refractivity contribution in [2.24, 2.45) is 0 Å². The summed E-state index contributed by atoms with van der Waals surface area (Å²) in [6, 6.07) is 6.12. The van der Waals surface area contributed by atoms with Gasteiger partial charge in [0.25, 0.3) is 0 Å². The van der Waals surface area contributed by atoms with Crippen LogP contribution in [0.15, 0.2) is 30.9 Å². The summed E-state index contributed by atoms with van der Waals surface area (Å²) in [5, 5.41) is 0. The quantitative estimate of drug-likeness (QED) is 0.371. The standard InChI is InChI=1S/C19H30O2/c1-4-7-9-14-20-18-12-13-19(17(16-18)11-6-3)21-15-10-8-5-2/h6,12-13,16H,3-5,7-11,14-15H2,1-2H3. The van der Waals surface area contributed by atoms with Gasteiger partial charge >= 0.3 is 0 Å². The van der Waals surface area contributed by atoms with Crippen LogP contribution >= 0.6 is 0 Å². The minimum absolute atomic E-state index is 0.786. The van der Waals surface area contributed by atoms with Crippen LogP contribution in [0.3, 0.4) is 0 Å². The lowest BCUT2D eigenvalue weighted by Crippen LogP contribution is -2.02. The van der Waals surface area contributed by atoms with Crippen LogP contribution < -0.4 is 9.47 Å². The van der Waals surface area contributed by atoms with Crippen molar-refractivity contribution in [3.05, 3.63) is 36.4 Å². The summed E-state index contributed by atoms with van der Waals surface area (Å²) in [4.78, 5) is 0. The lowest BCUT2D eigenvalue weighted by Gasteiger charge is -2.13. The highest BCUT2D eigenvalue weighted by atomic mass is 16.5. The van der Waals surface area contributed by atoms with Crippen LogP contribution in [-0.4, -0.2) is 13.2 Å². The second-order valence-corrected chi connectivity index (χ2v) is 5.37. The van der Waals surface area contributed by atoms with Gasteiger partial charge in [0.05, 0.1) is 13.2 Å². The molecular weight excluding hydrogens is 260 g/mol. The molecule has 1 aromatic carbocycles. The zero-order chi connectivity index (χ0) is 15.3. The topological polar surface area (TPSA) is 18.5 Å². The predicted octanol–water partition coefficient (Wildman–Crippen LogP) is 5.55. The van der Waals surface area contributed by atoms with Crippen molar-refractivity contribution in [1.82, 2.24) is 0 Å². The third-order valence-electron chi connectivity index (χ3n) is 3.42. The Bertz CT molecular complexity index is 399. The van der Waals surface area contributed by atoms with E-state index >= 15 is 0 Å². The summed E-state index contributed by atoms with van der Waals surface area (Å²) < 4.78 is 11.7. The average molecular weight is 290 g/mol. The zero-order valence-electron chi connectivity index (χ0n) is 13.7. The lowest BCUT2D eigenvalue weighted by atomic mass is 10.1. The molecule has 0 heterocycles. The van der Waals surface area contributed by atoms with E-state index in [-0.39, 0.29) is 0 Å². The third kappa shape index (κ3) is 7.22. The normalized spacial score (nSPS) is 10.4. The number of unbranched alkanes of at least 4 members (excludes halogenated alkanes) is 4. The number of allylic oxidation sites excluding steroid dienone is 1. The highest BCUT2D eigenvalue weighted by Crippen LogP contribution is 2.25. The second kappa shape index (κ2) is 11.2. The van der Waals surface area contributed by atoms with Gasteiger partial charge in [-0.25, -0.2) is 0 Å². The summed E-state index contributed by atoms with van der Waals surface area (Å²) in [5.74, 6) is 1.90. The highest BCUT2D eigenvalue weighted by Gasteiger charge is 2.05. The Morgan fingerprint density at radius 2 is 1.62 bits per heavy atom. The first-order chi connectivity index (χ1) is 10.3. The van der Waals surface area contributed by atoms with E-state index in [0.29, 0.717) is 0 Å². The van der Waals surface area contributed by atoms with Crippen molar-refractivity contribution >= 4 is 0 Å². The second-order valence-electron chi connectivity index (χ2n) is 5.37. The van der Waals surface area contributed by atoms with Crippen LogP contribution in [0.2, 0.25) is 0 Å². The van der Waals surface area contributed by atoms with E-state index < -0.39 is 0 Å². The van der Waals surface area contributed by atoms with E-state index in [0.717, 1.165) is 49.5 Å². The van der Waals surface area contributed by atoms with Gasteiger partial charge in [0, 0.05) is 5.56 Å². The largest absolute Gasteiger partial charge is 0.494 e. The number of rotatable bonds is 12. The molecule has 0 aromatic heterocycles. The average Bonchev–Trinajstić information content (AvgIpc) is 2.50. The van der Waals surface area contributed by atoms with E-state index in [1.165, 1.54) is 25.7 Å². The Hall–Kier alpha value is -1.44. The molecule has 0 fully saturated rings. The predicted molar refractivity (Wildman–Crippen MR) is 90.4 cm³/mol. The molecule has 0 aliphatic carbocycles. The molecule has 0 aliphatic rings. The minimum atomic E-state index is 0.786. The molecule has 0 N–H and O–H groups in total. The maximum absolute atomic E-state index is 5.89. The van der Waals surface area contributed by atoms with E-state index in [2.05, 4.69) is 26.5 Å². The molecule has 21 heavy (non-hydrogen) atoms.